The number of carbonyl (C=O) groups is 1. The highest BCUT2D eigenvalue weighted by atomic mass is 35.5. The van der Waals surface area contributed by atoms with Crippen LogP contribution in [0.25, 0.3) is 0 Å². The lowest BCUT2D eigenvalue weighted by Gasteiger charge is -2.19. The van der Waals surface area contributed by atoms with Crippen molar-refractivity contribution in [2.24, 2.45) is 17.6 Å². The average molecular weight is 279 g/mol. The molecular weight excluding hydrogens is 248 g/mol. The third-order valence-electron chi connectivity index (χ3n) is 2.87. The number of hydrogen-bond donors (Lipinski definition) is 2. The minimum absolute atomic E-state index is 0. The Hall–Kier alpha value is -0.280. The normalized spacial score (nSPS) is 14.2. The molecule has 3 N–H and O–H groups in total. The molecule has 0 aliphatic rings. The van der Waals surface area contributed by atoms with Gasteiger partial charge in [-0.1, -0.05) is 40.5 Å². The third-order valence-corrected chi connectivity index (χ3v) is 2.87. The van der Waals surface area contributed by atoms with Gasteiger partial charge in [-0.2, -0.15) is 0 Å². The Bertz CT molecular complexity index is 220. The predicted molar refractivity (Wildman–Crippen MR) is 81.0 cm³/mol. The van der Waals surface area contributed by atoms with Crippen LogP contribution in [0.4, 0.5) is 0 Å². The second kappa shape index (κ2) is 10.6. The summed E-state index contributed by atoms with van der Waals surface area (Å²) in [7, 11) is 0. The molecule has 0 aromatic heterocycles. The Morgan fingerprint density at radius 1 is 1.06 bits per heavy atom. The average Bonchev–Trinajstić information content (AvgIpc) is 2.15. The number of hydrogen-bond acceptors (Lipinski definition) is 2. The fraction of sp³-hybridized carbons (Fsp3) is 0.929. The summed E-state index contributed by atoms with van der Waals surface area (Å²) in [6.07, 6.45) is 4.18. The molecule has 0 aliphatic heterocycles. The van der Waals surface area contributed by atoms with Gasteiger partial charge in [0.2, 0.25) is 5.91 Å². The van der Waals surface area contributed by atoms with Crippen molar-refractivity contribution in [2.75, 3.05) is 0 Å². The van der Waals surface area contributed by atoms with E-state index in [0.29, 0.717) is 5.92 Å². The second-order valence-corrected chi connectivity index (χ2v) is 5.97. The Kier molecular flexibility index (Phi) is 11.8. The predicted octanol–water partition coefficient (Wildman–Crippen LogP) is 3.11. The first kappa shape index (κ1) is 20.0. The monoisotopic (exact) mass is 278 g/mol. The number of nitrogens with one attached hydrogen (secondary N) is 1. The van der Waals surface area contributed by atoms with Crippen molar-refractivity contribution >= 4 is 18.3 Å². The molecule has 0 bridgehead atoms. The summed E-state index contributed by atoms with van der Waals surface area (Å²) in [6, 6.07) is -0.123. The van der Waals surface area contributed by atoms with Gasteiger partial charge in [-0.25, -0.2) is 0 Å². The highest BCUT2D eigenvalue weighted by Gasteiger charge is 2.16. The van der Waals surface area contributed by atoms with Crippen molar-refractivity contribution < 1.29 is 4.79 Å². The quantitative estimate of drug-likeness (QED) is 0.717. The van der Waals surface area contributed by atoms with E-state index in [0.717, 1.165) is 18.8 Å². The van der Waals surface area contributed by atoms with Gasteiger partial charge in [0.25, 0.3) is 0 Å². The Balaban J connectivity index is 0. The summed E-state index contributed by atoms with van der Waals surface area (Å²) in [5, 5.41) is 2.99. The van der Waals surface area contributed by atoms with Crippen molar-refractivity contribution in [3.8, 4) is 0 Å². The van der Waals surface area contributed by atoms with Crippen LogP contribution in [-0.2, 0) is 4.79 Å². The lowest BCUT2D eigenvalue weighted by molar-refractivity contribution is -0.123. The zero-order valence-electron chi connectivity index (χ0n) is 12.5. The van der Waals surface area contributed by atoms with Crippen LogP contribution >= 0.6 is 12.4 Å². The molecule has 0 rings (SSSR count). The molecule has 0 aromatic carbocycles. The van der Waals surface area contributed by atoms with Gasteiger partial charge >= 0.3 is 0 Å². The van der Waals surface area contributed by atoms with Crippen LogP contribution in [0, 0.1) is 11.8 Å². The molecule has 0 spiro atoms. The molecule has 0 fully saturated rings. The molecule has 0 aliphatic carbocycles. The Morgan fingerprint density at radius 2 is 1.61 bits per heavy atom. The molecule has 0 saturated heterocycles. The van der Waals surface area contributed by atoms with E-state index >= 15 is 0 Å². The van der Waals surface area contributed by atoms with Crippen LogP contribution in [0.1, 0.15) is 60.3 Å². The van der Waals surface area contributed by atoms with E-state index in [2.05, 4.69) is 39.9 Å². The van der Waals surface area contributed by atoms with Crippen LogP contribution in [0.3, 0.4) is 0 Å². The summed E-state index contributed by atoms with van der Waals surface area (Å²) < 4.78 is 0. The molecule has 1 amide bonds. The maximum absolute atomic E-state index is 11.7. The molecule has 18 heavy (non-hydrogen) atoms. The number of amides is 1. The molecule has 3 nitrogen and oxygen atoms in total. The van der Waals surface area contributed by atoms with E-state index < -0.39 is 0 Å². The smallest absolute Gasteiger partial charge is 0.237 e. The lowest BCUT2D eigenvalue weighted by atomic mass is 10.0. The van der Waals surface area contributed by atoms with Crippen molar-refractivity contribution in [1.29, 1.82) is 0 Å². The second-order valence-electron chi connectivity index (χ2n) is 5.97. The highest BCUT2D eigenvalue weighted by Crippen LogP contribution is 2.09. The minimum Gasteiger partial charge on any atom is -0.352 e. The van der Waals surface area contributed by atoms with Crippen molar-refractivity contribution in [1.82, 2.24) is 5.32 Å². The van der Waals surface area contributed by atoms with Gasteiger partial charge in [-0.3, -0.25) is 4.79 Å². The fourth-order valence-electron chi connectivity index (χ4n) is 1.87. The summed E-state index contributed by atoms with van der Waals surface area (Å²) >= 11 is 0. The van der Waals surface area contributed by atoms with Gasteiger partial charge in [0.15, 0.2) is 0 Å². The number of halogens is 1. The molecule has 0 radical (unpaired) electrons. The van der Waals surface area contributed by atoms with E-state index in [4.69, 9.17) is 5.73 Å². The van der Waals surface area contributed by atoms with Crippen LogP contribution in [0.2, 0.25) is 0 Å². The molecule has 0 aromatic rings. The topological polar surface area (TPSA) is 55.1 Å². The van der Waals surface area contributed by atoms with Crippen LogP contribution < -0.4 is 11.1 Å². The molecule has 2 atom stereocenters. The minimum atomic E-state index is -0.359. The van der Waals surface area contributed by atoms with Crippen molar-refractivity contribution in [2.45, 2.75) is 72.4 Å². The molecule has 0 saturated carbocycles. The first-order valence-electron chi connectivity index (χ1n) is 6.88. The molecule has 1 unspecified atom stereocenters. The Labute approximate surface area is 119 Å². The standard InChI is InChI=1S/C14H30N2O.ClH/c1-10(2)7-6-8-12(5)16-14(17)13(15)9-11(3)4;/h10-13H,6-9,15H2,1-5H3,(H,16,17);1H/t12?,13-;/m0./s1. The largest absolute Gasteiger partial charge is 0.352 e. The van der Waals surface area contributed by atoms with Gasteiger partial charge in [-0.15, -0.1) is 12.4 Å². The zero-order chi connectivity index (χ0) is 13.4. The fourth-order valence-corrected chi connectivity index (χ4v) is 1.87. The zero-order valence-corrected chi connectivity index (χ0v) is 13.3. The SMILES string of the molecule is CC(C)CCCC(C)NC(=O)[C@@H](N)CC(C)C.Cl. The number of rotatable bonds is 8. The highest BCUT2D eigenvalue weighted by molar-refractivity contribution is 5.85. The Morgan fingerprint density at radius 3 is 2.06 bits per heavy atom. The van der Waals surface area contributed by atoms with Gasteiger partial charge < -0.3 is 11.1 Å². The van der Waals surface area contributed by atoms with Crippen LogP contribution in [0.15, 0.2) is 0 Å². The number of carbonyl (C=O) groups excluding carboxylic acids is 1. The molecular formula is C14H31ClN2O. The van der Waals surface area contributed by atoms with Gasteiger partial charge in [0.05, 0.1) is 6.04 Å². The summed E-state index contributed by atoms with van der Waals surface area (Å²) in [5.74, 6) is 1.20. The van der Waals surface area contributed by atoms with E-state index in [1.807, 2.05) is 0 Å². The lowest BCUT2D eigenvalue weighted by Crippen LogP contribution is -2.45. The third kappa shape index (κ3) is 10.8. The summed E-state index contributed by atoms with van der Waals surface area (Å²) in [5.41, 5.74) is 5.83. The summed E-state index contributed by atoms with van der Waals surface area (Å²) in [4.78, 5) is 11.7. The van der Waals surface area contributed by atoms with E-state index in [1.165, 1.54) is 12.8 Å². The van der Waals surface area contributed by atoms with E-state index in [1.54, 1.807) is 0 Å². The molecule has 0 heterocycles. The van der Waals surface area contributed by atoms with Gasteiger partial charge in [0, 0.05) is 6.04 Å². The van der Waals surface area contributed by atoms with Crippen molar-refractivity contribution in [3.63, 3.8) is 0 Å². The van der Waals surface area contributed by atoms with Gasteiger partial charge in [0.1, 0.15) is 0 Å². The maximum Gasteiger partial charge on any atom is 0.237 e. The maximum atomic E-state index is 11.7. The van der Waals surface area contributed by atoms with E-state index in [-0.39, 0.29) is 30.4 Å². The van der Waals surface area contributed by atoms with Crippen molar-refractivity contribution in [3.05, 3.63) is 0 Å². The first-order chi connectivity index (χ1) is 7.82. The molecule has 4 heteroatoms. The van der Waals surface area contributed by atoms with Gasteiger partial charge in [-0.05, 0) is 31.6 Å². The van der Waals surface area contributed by atoms with Crippen LogP contribution in [0.5, 0.6) is 0 Å². The summed E-state index contributed by atoms with van der Waals surface area (Å²) in [6.45, 7) is 10.7. The number of nitrogens with two attached hydrogens (primary N) is 1. The first-order valence-corrected chi connectivity index (χ1v) is 6.88. The van der Waals surface area contributed by atoms with E-state index in [9.17, 15) is 4.79 Å². The molecule has 110 valence electrons. The van der Waals surface area contributed by atoms with Crippen LogP contribution in [-0.4, -0.2) is 18.0 Å².